The lowest BCUT2D eigenvalue weighted by Crippen LogP contribution is -2.67. The normalized spacial score (nSPS) is 27.2. The second-order valence-electron chi connectivity index (χ2n) is 7.08. The Morgan fingerprint density at radius 3 is 2.50 bits per heavy atom. The minimum atomic E-state index is -0.527. The first-order chi connectivity index (χ1) is 9.32. The van der Waals surface area contributed by atoms with Crippen molar-refractivity contribution in [2.24, 2.45) is 11.7 Å². The molecule has 0 aromatic rings. The molecule has 1 saturated heterocycles. The molecule has 1 heterocycles. The van der Waals surface area contributed by atoms with Crippen LogP contribution < -0.4 is 11.1 Å². The van der Waals surface area contributed by atoms with Gasteiger partial charge in [-0.1, -0.05) is 6.92 Å². The van der Waals surface area contributed by atoms with E-state index in [2.05, 4.69) is 36.0 Å². The van der Waals surface area contributed by atoms with E-state index < -0.39 is 5.54 Å². The molecule has 3 N–H and O–H groups in total. The van der Waals surface area contributed by atoms with Gasteiger partial charge in [-0.3, -0.25) is 14.6 Å². The SMILES string of the molecule is CCNC(CN1CCN(C)C(C)(C)C1)(C(N)=O)C1CC1. The van der Waals surface area contributed by atoms with Gasteiger partial charge in [-0.25, -0.2) is 0 Å². The van der Waals surface area contributed by atoms with Crippen LogP contribution in [0, 0.1) is 5.92 Å². The van der Waals surface area contributed by atoms with E-state index in [1.165, 1.54) is 0 Å². The molecule has 0 aromatic carbocycles. The Kier molecular flexibility index (Phi) is 4.42. The minimum Gasteiger partial charge on any atom is -0.368 e. The summed E-state index contributed by atoms with van der Waals surface area (Å²) in [5, 5.41) is 3.41. The summed E-state index contributed by atoms with van der Waals surface area (Å²) < 4.78 is 0. The fourth-order valence-corrected chi connectivity index (χ4v) is 3.42. The Labute approximate surface area is 122 Å². The Morgan fingerprint density at radius 2 is 2.05 bits per heavy atom. The summed E-state index contributed by atoms with van der Waals surface area (Å²) >= 11 is 0. The smallest absolute Gasteiger partial charge is 0.239 e. The first-order valence-corrected chi connectivity index (χ1v) is 7.80. The predicted octanol–water partition coefficient (Wildman–Crippen LogP) is 0.256. The van der Waals surface area contributed by atoms with Crippen molar-refractivity contribution < 1.29 is 4.79 Å². The minimum absolute atomic E-state index is 0.150. The summed E-state index contributed by atoms with van der Waals surface area (Å²) in [6, 6.07) is 0. The lowest BCUT2D eigenvalue weighted by atomic mass is 9.89. The van der Waals surface area contributed by atoms with Gasteiger partial charge < -0.3 is 11.1 Å². The average Bonchev–Trinajstić information content (AvgIpc) is 3.17. The molecule has 1 unspecified atom stereocenters. The van der Waals surface area contributed by atoms with Crippen molar-refractivity contribution in [3.8, 4) is 0 Å². The van der Waals surface area contributed by atoms with Crippen LogP contribution in [-0.2, 0) is 4.79 Å². The Morgan fingerprint density at radius 1 is 1.40 bits per heavy atom. The number of nitrogens with zero attached hydrogens (tertiary/aromatic N) is 2. The van der Waals surface area contributed by atoms with Crippen molar-refractivity contribution in [2.45, 2.75) is 44.7 Å². The molecule has 116 valence electrons. The molecule has 20 heavy (non-hydrogen) atoms. The largest absolute Gasteiger partial charge is 0.368 e. The maximum absolute atomic E-state index is 12.1. The van der Waals surface area contributed by atoms with Gasteiger partial charge in [0, 0.05) is 31.7 Å². The maximum Gasteiger partial charge on any atom is 0.239 e. The third-order valence-electron chi connectivity index (χ3n) is 5.07. The van der Waals surface area contributed by atoms with Gasteiger partial charge in [0.25, 0.3) is 0 Å². The first kappa shape index (κ1) is 15.7. The highest BCUT2D eigenvalue weighted by atomic mass is 16.1. The van der Waals surface area contributed by atoms with Crippen molar-refractivity contribution in [2.75, 3.05) is 39.8 Å². The number of hydrogen-bond acceptors (Lipinski definition) is 4. The zero-order chi connectivity index (χ0) is 15.0. The van der Waals surface area contributed by atoms with Crippen LogP contribution in [0.5, 0.6) is 0 Å². The van der Waals surface area contributed by atoms with Crippen molar-refractivity contribution in [1.29, 1.82) is 0 Å². The molecule has 0 spiro atoms. The molecule has 2 fully saturated rings. The van der Waals surface area contributed by atoms with Crippen LogP contribution >= 0.6 is 0 Å². The molecule has 5 heteroatoms. The molecular formula is C15H30N4O. The monoisotopic (exact) mass is 282 g/mol. The van der Waals surface area contributed by atoms with E-state index in [9.17, 15) is 4.79 Å². The maximum atomic E-state index is 12.1. The van der Waals surface area contributed by atoms with Gasteiger partial charge in [-0.15, -0.1) is 0 Å². The van der Waals surface area contributed by atoms with Gasteiger partial charge >= 0.3 is 0 Å². The van der Waals surface area contributed by atoms with Crippen LogP contribution in [0.25, 0.3) is 0 Å². The Bertz CT molecular complexity index is 367. The summed E-state index contributed by atoms with van der Waals surface area (Å²) in [6.45, 7) is 11.1. The molecule has 1 atom stereocenters. The highest BCUT2D eigenvalue weighted by Gasteiger charge is 2.50. The third kappa shape index (κ3) is 3.00. The van der Waals surface area contributed by atoms with E-state index in [1.807, 2.05) is 6.92 Å². The van der Waals surface area contributed by atoms with Gasteiger partial charge in [-0.05, 0) is 46.2 Å². The number of likely N-dealkylation sites (N-methyl/N-ethyl adjacent to an activating group) is 2. The number of nitrogens with one attached hydrogen (secondary N) is 1. The van der Waals surface area contributed by atoms with E-state index in [1.54, 1.807) is 0 Å². The zero-order valence-electron chi connectivity index (χ0n) is 13.4. The Balaban J connectivity index is 2.10. The molecule has 2 rings (SSSR count). The van der Waals surface area contributed by atoms with E-state index in [0.717, 1.165) is 45.6 Å². The molecule has 1 aliphatic heterocycles. The molecule has 1 amide bonds. The second-order valence-corrected chi connectivity index (χ2v) is 7.08. The van der Waals surface area contributed by atoms with Crippen LogP contribution in [0.3, 0.4) is 0 Å². The van der Waals surface area contributed by atoms with Crippen LogP contribution in [0.1, 0.15) is 33.6 Å². The van der Waals surface area contributed by atoms with E-state index in [4.69, 9.17) is 5.73 Å². The molecule has 2 aliphatic rings. The van der Waals surface area contributed by atoms with Crippen molar-refractivity contribution >= 4 is 5.91 Å². The van der Waals surface area contributed by atoms with E-state index in [-0.39, 0.29) is 11.4 Å². The van der Waals surface area contributed by atoms with Crippen LogP contribution in [0.2, 0.25) is 0 Å². The van der Waals surface area contributed by atoms with Gasteiger partial charge in [0.2, 0.25) is 5.91 Å². The number of nitrogens with two attached hydrogens (primary N) is 1. The van der Waals surface area contributed by atoms with Gasteiger partial charge in [0.05, 0.1) is 0 Å². The van der Waals surface area contributed by atoms with Crippen LogP contribution in [0.15, 0.2) is 0 Å². The number of carbonyl (C=O) groups excluding carboxylic acids is 1. The number of piperazine rings is 1. The predicted molar refractivity (Wildman–Crippen MR) is 81.5 cm³/mol. The highest BCUT2D eigenvalue weighted by Crippen LogP contribution is 2.40. The van der Waals surface area contributed by atoms with Crippen LogP contribution in [-0.4, -0.2) is 66.6 Å². The topological polar surface area (TPSA) is 61.6 Å². The Hall–Kier alpha value is -0.650. The van der Waals surface area contributed by atoms with Crippen molar-refractivity contribution in [1.82, 2.24) is 15.1 Å². The van der Waals surface area contributed by atoms with Crippen molar-refractivity contribution in [3.05, 3.63) is 0 Å². The molecule has 1 saturated carbocycles. The fourth-order valence-electron chi connectivity index (χ4n) is 3.42. The number of rotatable bonds is 6. The van der Waals surface area contributed by atoms with Crippen molar-refractivity contribution in [3.63, 3.8) is 0 Å². The molecule has 5 nitrogen and oxygen atoms in total. The lowest BCUT2D eigenvalue weighted by molar-refractivity contribution is -0.127. The standard InChI is InChI=1S/C15H30N4O/c1-5-17-15(13(16)20,12-6-7-12)11-19-9-8-18(4)14(2,3)10-19/h12,17H,5-11H2,1-4H3,(H2,16,20). The number of carbonyl (C=O) groups is 1. The van der Waals surface area contributed by atoms with E-state index >= 15 is 0 Å². The summed E-state index contributed by atoms with van der Waals surface area (Å²) in [5.74, 6) is 0.237. The summed E-state index contributed by atoms with van der Waals surface area (Å²) in [4.78, 5) is 16.9. The van der Waals surface area contributed by atoms with Gasteiger partial charge in [-0.2, -0.15) is 0 Å². The summed E-state index contributed by atoms with van der Waals surface area (Å²) in [6.07, 6.45) is 2.24. The number of hydrogen-bond donors (Lipinski definition) is 2. The number of primary amides is 1. The molecular weight excluding hydrogens is 252 g/mol. The zero-order valence-corrected chi connectivity index (χ0v) is 13.4. The van der Waals surface area contributed by atoms with Gasteiger partial charge in [0.15, 0.2) is 0 Å². The number of amides is 1. The van der Waals surface area contributed by atoms with Crippen LogP contribution in [0.4, 0.5) is 0 Å². The molecule has 0 radical (unpaired) electrons. The molecule has 0 aromatic heterocycles. The summed E-state index contributed by atoms with van der Waals surface area (Å²) in [5.41, 5.74) is 5.40. The highest BCUT2D eigenvalue weighted by molar-refractivity contribution is 5.86. The summed E-state index contributed by atoms with van der Waals surface area (Å²) in [7, 11) is 2.17. The molecule has 0 bridgehead atoms. The third-order valence-corrected chi connectivity index (χ3v) is 5.07. The lowest BCUT2D eigenvalue weighted by Gasteiger charge is -2.48. The first-order valence-electron chi connectivity index (χ1n) is 7.80. The quantitative estimate of drug-likeness (QED) is 0.733. The molecule has 1 aliphatic carbocycles. The van der Waals surface area contributed by atoms with E-state index in [0.29, 0.717) is 5.92 Å². The average molecular weight is 282 g/mol. The van der Waals surface area contributed by atoms with Gasteiger partial charge in [0.1, 0.15) is 5.54 Å². The fraction of sp³-hybridized carbons (Fsp3) is 0.933. The second kappa shape index (κ2) is 5.62.